The molecule has 1 heterocycles. The van der Waals surface area contributed by atoms with Crippen molar-refractivity contribution in [3.63, 3.8) is 0 Å². The predicted octanol–water partition coefficient (Wildman–Crippen LogP) is 13.3. The lowest BCUT2D eigenvalue weighted by atomic mass is 10.0. The van der Waals surface area contributed by atoms with Crippen molar-refractivity contribution >= 4 is 77.2 Å². The van der Waals surface area contributed by atoms with E-state index in [0.29, 0.717) is 5.02 Å². The fourth-order valence-corrected chi connectivity index (χ4v) is 7.62. The summed E-state index contributed by atoms with van der Waals surface area (Å²) in [7, 11) is 0. The Morgan fingerprint density at radius 1 is 0.391 bits per heavy atom. The molecule has 0 amide bonds. The number of nitrogens with zero attached hydrogens (tertiary/aromatic N) is 2. The summed E-state index contributed by atoms with van der Waals surface area (Å²) in [6.07, 6.45) is 0. The standard InChI is InChI=1S/C42H29ClN2S/c43-32-27-39(45(35-19-11-4-12-20-35)36-23-21-31(22-24-36)30-13-5-1-6-14-30)42-38-29-37(25-26-40(38)46-41(42)28-32)44(33-15-7-2-8-16-33)34-17-9-3-10-18-34/h1-29H. The molecule has 0 N–H and O–H groups in total. The Labute approximate surface area is 278 Å². The molecule has 0 unspecified atom stereocenters. The highest BCUT2D eigenvalue weighted by Crippen LogP contribution is 2.48. The van der Waals surface area contributed by atoms with Gasteiger partial charge in [0.25, 0.3) is 0 Å². The van der Waals surface area contributed by atoms with Crippen LogP contribution in [0.4, 0.5) is 34.1 Å². The summed E-state index contributed by atoms with van der Waals surface area (Å²) in [6, 6.07) is 61.9. The minimum atomic E-state index is 0.714. The van der Waals surface area contributed by atoms with Gasteiger partial charge in [0.15, 0.2) is 0 Å². The second-order valence-electron chi connectivity index (χ2n) is 11.2. The number of thiophene rings is 1. The van der Waals surface area contributed by atoms with Crippen LogP contribution in [0.3, 0.4) is 0 Å². The lowest BCUT2D eigenvalue weighted by Crippen LogP contribution is -2.10. The fourth-order valence-electron chi connectivity index (χ4n) is 6.19. The van der Waals surface area contributed by atoms with E-state index in [1.807, 2.05) is 0 Å². The smallest absolute Gasteiger partial charge is 0.0569 e. The van der Waals surface area contributed by atoms with Crippen molar-refractivity contribution in [3.8, 4) is 11.1 Å². The van der Waals surface area contributed by atoms with Crippen LogP contribution < -0.4 is 9.80 Å². The van der Waals surface area contributed by atoms with Gasteiger partial charge in [-0.05, 0) is 90.0 Å². The van der Waals surface area contributed by atoms with Crippen LogP contribution in [0.15, 0.2) is 176 Å². The third-order valence-electron chi connectivity index (χ3n) is 8.27. The molecule has 8 rings (SSSR count). The maximum Gasteiger partial charge on any atom is 0.0569 e. The molecule has 8 aromatic rings. The van der Waals surface area contributed by atoms with Crippen LogP contribution in [0.5, 0.6) is 0 Å². The maximum atomic E-state index is 6.89. The normalized spacial score (nSPS) is 11.2. The largest absolute Gasteiger partial charge is 0.310 e. The number of para-hydroxylation sites is 3. The number of anilines is 6. The van der Waals surface area contributed by atoms with E-state index in [-0.39, 0.29) is 0 Å². The molecule has 220 valence electrons. The summed E-state index contributed by atoms with van der Waals surface area (Å²) >= 11 is 8.67. The van der Waals surface area contributed by atoms with E-state index in [2.05, 4.69) is 186 Å². The molecule has 0 aliphatic carbocycles. The zero-order valence-corrected chi connectivity index (χ0v) is 26.5. The summed E-state index contributed by atoms with van der Waals surface area (Å²) in [5.41, 5.74) is 8.90. The highest BCUT2D eigenvalue weighted by molar-refractivity contribution is 7.26. The van der Waals surface area contributed by atoms with Gasteiger partial charge in [-0.2, -0.15) is 0 Å². The fraction of sp³-hybridized carbons (Fsp3) is 0. The molecule has 46 heavy (non-hydrogen) atoms. The molecule has 0 radical (unpaired) electrons. The van der Waals surface area contributed by atoms with Crippen LogP contribution in [0.2, 0.25) is 5.02 Å². The van der Waals surface area contributed by atoms with E-state index in [1.54, 1.807) is 11.3 Å². The molecule has 0 atom stereocenters. The maximum absolute atomic E-state index is 6.89. The first-order valence-corrected chi connectivity index (χ1v) is 16.5. The van der Waals surface area contributed by atoms with Crippen LogP contribution in [0.1, 0.15) is 0 Å². The number of benzene rings is 7. The summed E-state index contributed by atoms with van der Waals surface area (Å²) < 4.78 is 2.37. The second-order valence-corrected chi connectivity index (χ2v) is 12.7. The van der Waals surface area contributed by atoms with Crippen molar-refractivity contribution in [2.24, 2.45) is 0 Å². The monoisotopic (exact) mass is 628 g/mol. The SMILES string of the molecule is Clc1cc(N(c2ccccc2)c2ccc(-c3ccccc3)cc2)c2c(c1)sc1ccc(N(c3ccccc3)c3ccccc3)cc12. The highest BCUT2D eigenvalue weighted by atomic mass is 35.5. The number of rotatable bonds is 7. The Bertz CT molecular complexity index is 2210. The Morgan fingerprint density at radius 2 is 0.870 bits per heavy atom. The van der Waals surface area contributed by atoms with Crippen molar-refractivity contribution in [1.82, 2.24) is 0 Å². The number of halogens is 1. The average Bonchev–Trinajstić information content (AvgIpc) is 3.48. The van der Waals surface area contributed by atoms with Crippen molar-refractivity contribution < 1.29 is 0 Å². The first-order valence-electron chi connectivity index (χ1n) is 15.3. The highest BCUT2D eigenvalue weighted by Gasteiger charge is 2.21. The van der Waals surface area contributed by atoms with Crippen molar-refractivity contribution in [3.05, 3.63) is 181 Å². The summed E-state index contributed by atoms with van der Waals surface area (Å²) in [5.74, 6) is 0. The molecule has 0 saturated carbocycles. The van der Waals surface area contributed by atoms with E-state index < -0.39 is 0 Å². The zero-order chi connectivity index (χ0) is 30.9. The Morgan fingerprint density at radius 3 is 1.46 bits per heavy atom. The number of hydrogen-bond donors (Lipinski definition) is 0. The minimum Gasteiger partial charge on any atom is -0.310 e. The molecule has 4 heteroatoms. The first kappa shape index (κ1) is 28.1. The lowest BCUT2D eigenvalue weighted by Gasteiger charge is -2.27. The number of fused-ring (bicyclic) bond motifs is 3. The Kier molecular flexibility index (Phi) is 7.47. The third-order valence-corrected chi connectivity index (χ3v) is 9.61. The van der Waals surface area contributed by atoms with E-state index in [0.717, 1.165) is 38.8 Å². The van der Waals surface area contributed by atoms with Crippen molar-refractivity contribution in [2.45, 2.75) is 0 Å². The zero-order valence-electron chi connectivity index (χ0n) is 24.9. The molecule has 0 saturated heterocycles. The molecule has 0 bridgehead atoms. The van der Waals surface area contributed by atoms with Crippen LogP contribution in [-0.2, 0) is 0 Å². The van der Waals surface area contributed by atoms with E-state index >= 15 is 0 Å². The van der Waals surface area contributed by atoms with Gasteiger partial charge >= 0.3 is 0 Å². The van der Waals surface area contributed by atoms with Crippen LogP contribution >= 0.6 is 22.9 Å². The van der Waals surface area contributed by atoms with Crippen LogP contribution in [0.25, 0.3) is 31.3 Å². The van der Waals surface area contributed by atoms with Gasteiger partial charge in [0.2, 0.25) is 0 Å². The average molecular weight is 629 g/mol. The van der Waals surface area contributed by atoms with Gasteiger partial charge in [-0.1, -0.05) is 109 Å². The molecule has 1 aromatic heterocycles. The summed E-state index contributed by atoms with van der Waals surface area (Å²) in [5, 5.41) is 3.09. The second kappa shape index (κ2) is 12.2. The van der Waals surface area contributed by atoms with Crippen molar-refractivity contribution in [2.75, 3.05) is 9.80 Å². The first-order chi connectivity index (χ1) is 22.7. The quantitative estimate of drug-likeness (QED) is 0.173. The summed E-state index contributed by atoms with van der Waals surface area (Å²) in [4.78, 5) is 4.64. The molecule has 0 aliphatic rings. The van der Waals surface area contributed by atoms with Crippen LogP contribution in [0, 0.1) is 0 Å². The predicted molar refractivity (Wildman–Crippen MR) is 199 cm³/mol. The molecule has 0 aliphatic heterocycles. The van der Waals surface area contributed by atoms with Gasteiger partial charge in [0.1, 0.15) is 0 Å². The summed E-state index contributed by atoms with van der Waals surface area (Å²) in [6.45, 7) is 0. The van der Waals surface area contributed by atoms with E-state index in [1.165, 1.54) is 26.6 Å². The molecular formula is C42H29ClN2S. The minimum absolute atomic E-state index is 0.714. The Balaban J connectivity index is 1.34. The molecule has 7 aromatic carbocycles. The molecule has 0 fully saturated rings. The Hall–Kier alpha value is -5.35. The van der Waals surface area contributed by atoms with Gasteiger partial charge in [-0.25, -0.2) is 0 Å². The van der Waals surface area contributed by atoms with Gasteiger partial charge < -0.3 is 9.80 Å². The number of hydrogen-bond acceptors (Lipinski definition) is 3. The van der Waals surface area contributed by atoms with Crippen LogP contribution in [-0.4, -0.2) is 0 Å². The molecular weight excluding hydrogens is 600 g/mol. The van der Waals surface area contributed by atoms with Crippen molar-refractivity contribution in [1.29, 1.82) is 0 Å². The van der Waals surface area contributed by atoms with Gasteiger partial charge in [-0.3, -0.25) is 0 Å². The van der Waals surface area contributed by atoms with Gasteiger partial charge in [-0.15, -0.1) is 11.3 Å². The third kappa shape index (κ3) is 5.30. The van der Waals surface area contributed by atoms with E-state index in [9.17, 15) is 0 Å². The van der Waals surface area contributed by atoms with E-state index in [4.69, 9.17) is 11.6 Å². The van der Waals surface area contributed by atoms with Gasteiger partial charge in [0.05, 0.1) is 5.69 Å². The molecule has 2 nitrogen and oxygen atoms in total. The topological polar surface area (TPSA) is 6.48 Å². The molecule has 0 spiro atoms. The lowest BCUT2D eigenvalue weighted by molar-refractivity contribution is 1.29. The van der Waals surface area contributed by atoms with Gasteiger partial charge in [0, 0.05) is 53.6 Å².